The molecule has 20 heavy (non-hydrogen) atoms. The summed E-state index contributed by atoms with van der Waals surface area (Å²) in [6.07, 6.45) is -3.75. The first kappa shape index (κ1) is 16.8. The number of rotatable bonds is 2. The van der Waals surface area contributed by atoms with Crippen LogP contribution in [0.15, 0.2) is 24.3 Å². The fraction of sp³-hybridized carbons (Fsp3) is 0.462. The highest BCUT2D eigenvalue weighted by Crippen LogP contribution is 2.32. The van der Waals surface area contributed by atoms with Crippen LogP contribution in [0.25, 0.3) is 0 Å². The van der Waals surface area contributed by atoms with Gasteiger partial charge in [0.1, 0.15) is 0 Å². The topological polar surface area (TPSA) is 32.3 Å². The van der Waals surface area contributed by atoms with Crippen molar-refractivity contribution in [2.75, 3.05) is 20.1 Å². The second-order valence-electron chi connectivity index (χ2n) is 4.57. The highest BCUT2D eigenvalue weighted by molar-refractivity contribution is 5.96. The van der Waals surface area contributed by atoms with E-state index in [2.05, 4.69) is 5.32 Å². The summed E-state index contributed by atoms with van der Waals surface area (Å²) in [6.45, 7) is 0.929. The van der Waals surface area contributed by atoms with E-state index in [4.69, 9.17) is 0 Å². The van der Waals surface area contributed by atoms with Gasteiger partial charge in [0.25, 0.3) is 5.91 Å². The molecule has 1 saturated heterocycles. The Kier molecular flexibility index (Phi) is 5.42. The van der Waals surface area contributed by atoms with E-state index in [0.717, 1.165) is 12.5 Å². The average molecular weight is 309 g/mol. The Morgan fingerprint density at radius 2 is 2.00 bits per heavy atom. The van der Waals surface area contributed by atoms with E-state index in [1.54, 1.807) is 7.05 Å². The Labute approximate surface area is 121 Å². The zero-order valence-corrected chi connectivity index (χ0v) is 11.7. The maximum atomic E-state index is 12.9. The molecule has 0 spiro atoms. The molecule has 1 fully saturated rings. The molecule has 3 nitrogen and oxygen atoms in total. The lowest BCUT2D eigenvalue weighted by molar-refractivity contribution is -0.138. The van der Waals surface area contributed by atoms with Crippen LogP contribution in [0.1, 0.15) is 22.3 Å². The number of alkyl halides is 3. The van der Waals surface area contributed by atoms with Crippen molar-refractivity contribution in [1.29, 1.82) is 0 Å². The highest BCUT2D eigenvalue weighted by atomic mass is 35.5. The van der Waals surface area contributed by atoms with Gasteiger partial charge in [-0.1, -0.05) is 12.1 Å². The molecule has 0 saturated carbocycles. The van der Waals surface area contributed by atoms with Crippen LogP contribution < -0.4 is 5.32 Å². The van der Waals surface area contributed by atoms with E-state index in [1.165, 1.54) is 23.1 Å². The first-order valence-electron chi connectivity index (χ1n) is 6.06. The van der Waals surface area contributed by atoms with Crippen molar-refractivity contribution >= 4 is 18.3 Å². The van der Waals surface area contributed by atoms with E-state index in [1.807, 2.05) is 0 Å². The minimum absolute atomic E-state index is 0. The summed E-state index contributed by atoms with van der Waals surface area (Å²) >= 11 is 0. The van der Waals surface area contributed by atoms with Crippen molar-refractivity contribution in [3.8, 4) is 0 Å². The number of carbonyl (C=O) groups is 1. The number of hydrogen-bond acceptors (Lipinski definition) is 2. The number of carbonyl (C=O) groups excluding carboxylic acids is 1. The van der Waals surface area contributed by atoms with E-state index in [9.17, 15) is 18.0 Å². The number of benzene rings is 1. The van der Waals surface area contributed by atoms with Crippen molar-refractivity contribution < 1.29 is 18.0 Å². The van der Waals surface area contributed by atoms with Gasteiger partial charge in [-0.05, 0) is 25.6 Å². The van der Waals surface area contributed by atoms with Crippen molar-refractivity contribution in [1.82, 2.24) is 10.2 Å². The molecule has 0 aliphatic carbocycles. The van der Waals surface area contributed by atoms with Gasteiger partial charge in [-0.25, -0.2) is 0 Å². The third-order valence-corrected chi connectivity index (χ3v) is 3.35. The second kappa shape index (κ2) is 6.45. The van der Waals surface area contributed by atoms with E-state index in [0.29, 0.717) is 13.1 Å². The largest absolute Gasteiger partial charge is 0.417 e. The molecule has 1 unspecified atom stereocenters. The molecule has 7 heteroatoms. The number of amides is 1. The van der Waals surface area contributed by atoms with Crippen molar-refractivity contribution in [3.05, 3.63) is 35.4 Å². The minimum Gasteiger partial charge on any atom is -0.337 e. The molecule has 0 aromatic heterocycles. The Balaban J connectivity index is 0.00000200. The molecule has 1 heterocycles. The van der Waals surface area contributed by atoms with Crippen molar-refractivity contribution in [2.45, 2.75) is 18.6 Å². The molecule has 112 valence electrons. The van der Waals surface area contributed by atoms with E-state index < -0.39 is 17.6 Å². The highest BCUT2D eigenvalue weighted by Gasteiger charge is 2.36. The Morgan fingerprint density at radius 3 is 2.55 bits per heavy atom. The first-order chi connectivity index (χ1) is 8.93. The predicted molar refractivity (Wildman–Crippen MR) is 72.1 cm³/mol. The lowest BCUT2D eigenvalue weighted by Crippen LogP contribution is -2.34. The first-order valence-corrected chi connectivity index (χ1v) is 6.06. The molecule has 1 aliphatic heterocycles. The van der Waals surface area contributed by atoms with E-state index >= 15 is 0 Å². The fourth-order valence-electron chi connectivity index (χ4n) is 2.27. The molecule has 2 rings (SSSR count). The van der Waals surface area contributed by atoms with Crippen LogP contribution in [0, 0.1) is 0 Å². The zero-order valence-electron chi connectivity index (χ0n) is 10.9. The number of nitrogens with one attached hydrogen (secondary N) is 1. The normalized spacial score (nSPS) is 18.8. The summed E-state index contributed by atoms with van der Waals surface area (Å²) in [5, 5.41) is 3.03. The standard InChI is InChI=1S/C13H15F3N2O.ClH/c1-17-9-6-7-18(8-9)12(19)10-4-2-3-5-11(10)13(14,15)16;/h2-5,9,17H,6-8H2,1H3;1H. The van der Waals surface area contributed by atoms with Gasteiger partial charge >= 0.3 is 6.18 Å². The fourth-order valence-corrected chi connectivity index (χ4v) is 2.27. The summed E-state index contributed by atoms with van der Waals surface area (Å²) in [5.41, 5.74) is -1.14. The summed E-state index contributed by atoms with van der Waals surface area (Å²) in [5.74, 6) is -0.550. The third kappa shape index (κ3) is 3.43. The third-order valence-electron chi connectivity index (χ3n) is 3.35. The maximum absolute atomic E-state index is 12.9. The smallest absolute Gasteiger partial charge is 0.337 e. The van der Waals surface area contributed by atoms with Gasteiger partial charge in [0.05, 0.1) is 11.1 Å². The van der Waals surface area contributed by atoms with Gasteiger partial charge < -0.3 is 10.2 Å². The lowest BCUT2D eigenvalue weighted by atomic mass is 10.1. The van der Waals surface area contributed by atoms with Crippen LogP contribution in [-0.2, 0) is 6.18 Å². The minimum atomic E-state index is -4.51. The Bertz CT molecular complexity index is 479. The number of nitrogens with zero attached hydrogens (tertiary/aromatic N) is 1. The quantitative estimate of drug-likeness (QED) is 0.911. The Hall–Kier alpha value is -1.27. The SMILES string of the molecule is CNC1CCN(C(=O)c2ccccc2C(F)(F)F)C1.Cl. The van der Waals surface area contributed by atoms with Crippen LogP contribution >= 0.6 is 12.4 Å². The molecule has 1 aromatic rings. The zero-order chi connectivity index (χ0) is 14.0. The molecule has 0 radical (unpaired) electrons. The molecule has 1 atom stereocenters. The Morgan fingerprint density at radius 1 is 1.35 bits per heavy atom. The summed E-state index contributed by atoms with van der Waals surface area (Å²) < 4.78 is 38.6. The molecule has 1 aliphatic rings. The van der Waals surface area contributed by atoms with Gasteiger partial charge in [-0.2, -0.15) is 13.2 Å². The van der Waals surface area contributed by atoms with Gasteiger partial charge in [0, 0.05) is 19.1 Å². The summed E-state index contributed by atoms with van der Waals surface area (Å²) in [7, 11) is 1.78. The summed E-state index contributed by atoms with van der Waals surface area (Å²) in [4.78, 5) is 13.6. The van der Waals surface area contributed by atoms with E-state index in [-0.39, 0.29) is 24.0 Å². The number of hydrogen-bond donors (Lipinski definition) is 1. The van der Waals surface area contributed by atoms with Gasteiger partial charge in [-0.3, -0.25) is 4.79 Å². The molecule has 1 amide bonds. The van der Waals surface area contributed by atoms with Crippen molar-refractivity contribution in [3.63, 3.8) is 0 Å². The lowest BCUT2D eigenvalue weighted by Gasteiger charge is -2.19. The van der Waals surface area contributed by atoms with Crippen LogP contribution in [-0.4, -0.2) is 37.0 Å². The van der Waals surface area contributed by atoms with Gasteiger partial charge in [0.15, 0.2) is 0 Å². The predicted octanol–water partition coefficient (Wildman–Crippen LogP) is 2.56. The molecule has 1 N–H and O–H groups in total. The average Bonchev–Trinajstić information content (AvgIpc) is 2.85. The summed E-state index contributed by atoms with van der Waals surface area (Å²) in [6, 6.07) is 5.08. The van der Waals surface area contributed by atoms with Crippen LogP contribution in [0.3, 0.4) is 0 Å². The van der Waals surface area contributed by atoms with Gasteiger partial charge in [0.2, 0.25) is 0 Å². The monoisotopic (exact) mass is 308 g/mol. The molecule has 0 bridgehead atoms. The molecular formula is C13H16ClF3N2O. The number of likely N-dealkylation sites (N-methyl/N-ethyl adjacent to an activating group) is 1. The van der Waals surface area contributed by atoms with Crippen LogP contribution in [0.4, 0.5) is 13.2 Å². The number of likely N-dealkylation sites (tertiary alicyclic amines) is 1. The molecule has 1 aromatic carbocycles. The van der Waals surface area contributed by atoms with Crippen molar-refractivity contribution in [2.24, 2.45) is 0 Å². The van der Waals surface area contributed by atoms with Crippen LogP contribution in [0.5, 0.6) is 0 Å². The second-order valence-corrected chi connectivity index (χ2v) is 4.57. The maximum Gasteiger partial charge on any atom is 0.417 e. The van der Waals surface area contributed by atoms with Gasteiger partial charge in [-0.15, -0.1) is 12.4 Å². The number of halogens is 4. The molecular weight excluding hydrogens is 293 g/mol. The van der Waals surface area contributed by atoms with Crippen LogP contribution in [0.2, 0.25) is 0 Å².